The van der Waals surface area contributed by atoms with Gasteiger partial charge in [0, 0.05) is 80.9 Å². The molecule has 4 aliphatic heterocycles. The smallest absolute Gasteiger partial charge is 0.234 e. The van der Waals surface area contributed by atoms with E-state index in [9.17, 15) is 18.0 Å². The van der Waals surface area contributed by atoms with Crippen molar-refractivity contribution in [2.45, 2.75) is 64.3 Å². The number of hydrogen-bond acceptors (Lipinski definition) is 12. The molecule has 2 aromatic heterocycles. The van der Waals surface area contributed by atoms with Crippen LogP contribution in [0.4, 0.5) is 44.6 Å². The molecule has 0 radical (unpaired) electrons. The highest BCUT2D eigenvalue weighted by atomic mass is 32.2. The zero-order chi connectivity index (χ0) is 44.0. The average molecular weight is 879 g/mol. The first kappa shape index (κ1) is 42.4. The van der Waals surface area contributed by atoms with Gasteiger partial charge in [-0.05, 0) is 99.9 Å². The van der Waals surface area contributed by atoms with Crippen molar-refractivity contribution in [2.24, 2.45) is 5.92 Å². The van der Waals surface area contributed by atoms with Crippen LogP contribution in [0.1, 0.15) is 61.6 Å². The van der Waals surface area contributed by atoms with Crippen molar-refractivity contribution in [1.29, 1.82) is 0 Å². The van der Waals surface area contributed by atoms with Gasteiger partial charge in [0.1, 0.15) is 23.0 Å². The van der Waals surface area contributed by atoms with E-state index >= 15 is 4.39 Å². The first-order valence-electron chi connectivity index (χ1n) is 21.9. The molecule has 0 saturated carbocycles. The fourth-order valence-electron chi connectivity index (χ4n) is 9.84. The topological polar surface area (TPSA) is 168 Å². The van der Waals surface area contributed by atoms with E-state index in [2.05, 4.69) is 61.6 Å². The molecule has 17 heteroatoms. The third-order valence-electron chi connectivity index (χ3n) is 13.3. The number of H-pyrrole nitrogens is 1. The number of piperazine rings is 1. The lowest BCUT2D eigenvalue weighted by Crippen LogP contribution is -2.52. The second-order valence-electron chi connectivity index (χ2n) is 17.4. The van der Waals surface area contributed by atoms with Crippen LogP contribution in [0, 0.1) is 18.7 Å². The quantitative estimate of drug-likeness (QED) is 0.0999. The number of aromatic nitrogens is 3. The summed E-state index contributed by atoms with van der Waals surface area (Å²) in [6, 6.07) is 17.3. The van der Waals surface area contributed by atoms with Crippen LogP contribution < -0.4 is 34.8 Å². The minimum atomic E-state index is -3.46. The van der Waals surface area contributed by atoms with Crippen LogP contribution in [0.3, 0.4) is 0 Å². The number of para-hydroxylation sites is 1. The Morgan fingerprint density at radius 1 is 0.921 bits per heavy atom. The second-order valence-corrected chi connectivity index (χ2v) is 19.3. The van der Waals surface area contributed by atoms with Gasteiger partial charge in [-0.3, -0.25) is 24.1 Å². The first-order valence-corrected chi connectivity index (χ1v) is 23.7. The van der Waals surface area contributed by atoms with Crippen LogP contribution >= 0.6 is 0 Å². The van der Waals surface area contributed by atoms with Crippen molar-refractivity contribution < 1.29 is 27.1 Å². The number of aromatic amines is 1. The Kier molecular flexibility index (Phi) is 11.6. The SMILES string of the molecule is COc1cc(N2CCN(CCC3CCN(c4ccc(C5CCC(=O)NC5=O)c(F)c4)CC3)[C@H](C)C2)c(C)cc1Nc1nc(Nc2cccc3c2N(S(C)(=O)=O)CC3)c2cc[nH]c2n1. The Morgan fingerprint density at radius 2 is 1.75 bits per heavy atom. The van der Waals surface area contributed by atoms with Crippen LogP contribution in [0.25, 0.3) is 11.0 Å². The van der Waals surface area contributed by atoms with E-state index in [0.29, 0.717) is 71.4 Å². The van der Waals surface area contributed by atoms with Gasteiger partial charge in [0.2, 0.25) is 27.8 Å². The summed E-state index contributed by atoms with van der Waals surface area (Å²) in [5.41, 5.74) is 7.03. The molecule has 3 saturated heterocycles. The van der Waals surface area contributed by atoms with Crippen LogP contribution in [0.2, 0.25) is 0 Å². The molecule has 3 aromatic carbocycles. The van der Waals surface area contributed by atoms with Crippen molar-refractivity contribution in [2.75, 3.05) is 83.9 Å². The number of rotatable bonds is 12. The number of ether oxygens (including phenoxy) is 1. The number of benzene rings is 3. The van der Waals surface area contributed by atoms with Crippen molar-refractivity contribution in [1.82, 2.24) is 25.2 Å². The number of nitrogens with zero attached hydrogens (tertiary/aromatic N) is 6. The summed E-state index contributed by atoms with van der Waals surface area (Å²) in [5, 5.41) is 9.92. The summed E-state index contributed by atoms with van der Waals surface area (Å²) in [4.78, 5) is 44.0. The molecule has 0 spiro atoms. The monoisotopic (exact) mass is 878 g/mol. The molecule has 332 valence electrons. The number of halogens is 1. The predicted octanol–water partition coefficient (Wildman–Crippen LogP) is 6.56. The molecule has 1 unspecified atom stereocenters. The van der Waals surface area contributed by atoms with Gasteiger partial charge >= 0.3 is 0 Å². The largest absolute Gasteiger partial charge is 0.494 e. The van der Waals surface area contributed by atoms with Crippen molar-refractivity contribution >= 4 is 73.1 Å². The minimum Gasteiger partial charge on any atom is -0.494 e. The molecule has 15 nitrogen and oxygen atoms in total. The Morgan fingerprint density at radius 3 is 2.49 bits per heavy atom. The fraction of sp³-hybridized carbons (Fsp3) is 0.435. The summed E-state index contributed by atoms with van der Waals surface area (Å²) in [6.45, 7) is 10.3. The lowest BCUT2D eigenvalue weighted by Gasteiger charge is -2.42. The standard InChI is InChI=1S/C46H55FN10O5S/c1-28-24-38(50-46-52-43-35(12-17-48-43)44(53-46)49-37-7-5-6-31-16-21-57(42(31)37)63(4,60)61)40(62-3)26-39(28)56-23-22-54(29(2)27-56)18-13-30-14-19-55(20-15-30)32-8-9-33(36(47)25-32)34-10-11-41(58)51-45(34)59/h5-9,12,17,24-26,29-30,34H,10-11,13-16,18-23,27H2,1-4H3,(H,51,58,59)(H3,48,49,50,52,53)/t29-,34?/m1/s1. The molecule has 0 aliphatic carbocycles. The van der Waals surface area contributed by atoms with E-state index in [0.717, 1.165) is 92.1 Å². The van der Waals surface area contributed by atoms with Crippen LogP contribution in [0.15, 0.2) is 60.8 Å². The van der Waals surface area contributed by atoms with Crippen molar-refractivity contribution in [3.8, 4) is 5.75 Å². The van der Waals surface area contributed by atoms with Crippen molar-refractivity contribution in [3.63, 3.8) is 0 Å². The number of carbonyl (C=O) groups is 2. The maximum Gasteiger partial charge on any atom is 0.234 e. The van der Waals surface area contributed by atoms with Gasteiger partial charge in [0.25, 0.3) is 0 Å². The number of carbonyl (C=O) groups excluding carboxylic acids is 2. The molecule has 2 atom stereocenters. The highest BCUT2D eigenvalue weighted by Crippen LogP contribution is 2.41. The molecular weight excluding hydrogens is 824 g/mol. The Labute approximate surface area is 367 Å². The van der Waals surface area contributed by atoms with Crippen LogP contribution in [-0.2, 0) is 26.0 Å². The number of piperidine rings is 2. The Hall–Kier alpha value is -5.94. The Bertz CT molecular complexity index is 2670. The molecule has 3 fully saturated rings. The molecule has 6 heterocycles. The third-order valence-corrected chi connectivity index (χ3v) is 14.5. The maximum absolute atomic E-state index is 15.2. The number of anilines is 7. The number of imide groups is 1. The summed E-state index contributed by atoms with van der Waals surface area (Å²) < 4.78 is 48.0. The molecule has 9 rings (SSSR count). The van der Waals surface area contributed by atoms with Crippen molar-refractivity contribution in [3.05, 3.63) is 83.3 Å². The number of hydrogen-bond donors (Lipinski definition) is 4. The van der Waals surface area contributed by atoms with E-state index in [1.807, 2.05) is 30.3 Å². The van der Waals surface area contributed by atoms with Gasteiger partial charge < -0.3 is 30.2 Å². The van der Waals surface area contributed by atoms with Crippen LogP contribution in [0.5, 0.6) is 5.75 Å². The lowest BCUT2D eigenvalue weighted by atomic mass is 9.89. The second kappa shape index (κ2) is 17.3. The summed E-state index contributed by atoms with van der Waals surface area (Å²) in [7, 11) is -1.80. The normalized spacial score (nSPS) is 20.0. The lowest BCUT2D eigenvalue weighted by molar-refractivity contribution is -0.134. The number of nitrogens with one attached hydrogen (secondary N) is 4. The van der Waals surface area contributed by atoms with E-state index in [1.165, 1.54) is 10.6 Å². The Balaban J connectivity index is 0.809. The van der Waals surface area contributed by atoms with E-state index < -0.39 is 21.8 Å². The predicted molar refractivity (Wildman–Crippen MR) is 245 cm³/mol. The number of fused-ring (bicyclic) bond motifs is 2. The molecule has 5 aromatic rings. The number of amides is 2. The van der Waals surface area contributed by atoms with Gasteiger partial charge in [-0.1, -0.05) is 18.2 Å². The molecule has 4 aliphatic rings. The van der Waals surface area contributed by atoms with Gasteiger partial charge in [0.15, 0.2) is 0 Å². The number of methoxy groups -OCH3 is 1. The third kappa shape index (κ3) is 8.72. The molecule has 0 bridgehead atoms. The molecule has 4 N–H and O–H groups in total. The van der Waals surface area contributed by atoms with Gasteiger partial charge in [-0.25, -0.2) is 12.8 Å². The number of aryl methyl sites for hydroxylation is 1. The minimum absolute atomic E-state index is 0.225. The number of sulfonamides is 1. The van der Waals surface area contributed by atoms with E-state index in [4.69, 9.17) is 14.7 Å². The van der Waals surface area contributed by atoms with E-state index in [-0.39, 0.29) is 18.1 Å². The highest BCUT2D eigenvalue weighted by Gasteiger charge is 2.32. The maximum atomic E-state index is 15.2. The van der Waals surface area contributed by atoms with Gasteiger partial charge in [-0.2, -0.15) is 9.97 Å². The summed E-state index contributed by atoms with van der Waals surface area (Å²) in [6.07, 6.45) is 7.44. The van der Waals surface area contributed by atoms with E-state index in [1.54, 1.807) is 25.4 Å². The van der Waals surface area contributed by atoms with Crippen LogP contribution in [-0.4, -0.2) is 105 Å². The molecule has 2 amide bonds. The van der Waals surface area contributed by atoms with Gasteiger partial charge in [-0.15, -0.1) is 0 Å². The molecule has 63 heavy (non-hydrogen) atoms. The first-order chi connectivity index (χ1) is 30.3. The fourth-order valence-corrected chi connectivity index (χ4v) is 10.8. The molecular formula is C46H55FN10O5S. The zero-order valence-corrected chi connectivity index (χ0v) is 37.0. The highest BCUT2D eigenvalue weighted by molar-refractivity contribution is 7.92. The average Bonchev–Trinajstić information content (AvgIpc) is 3.93. The van der Waals surface area contributed by atoms with Gasteiger partial charge in [0.05, 0.1) is 41.7 Å². The zero-order valence-electron chi connectivity index (χ0n) is 36.2. The summed E-state index contributed by atoms with van der Waals surface area (Å²) in [5.74, 6) is 0.420. The summed E-state index contributed by atoms with van der Waals surface area (Å²) >= 11 is 0.